The fourth-order valence-electron chi connectivity index (χ4n) is 2.83. The van der Waals surface area contributed by atoms with Gasteiger partial charge in [0.15, 0.2) is 11.6 Å². The predicted octanol–water partition coefficient (Wildman–Crippen LogP) is 2.85. The van der Waals surface area contributed by atoms with Crippen LogP contribution in [0.2, 0.25) is 0 Å². The van der Waals surface area contributed by atoms with E-state index in [2.05, 4.69) is 9.97 Å². The molecule has 1 atom stereocenters. The third-order valence-corrected chi connectivity index (χ3v) is 3.99. The van der Waals surface area contributed by atoms with Crippen LogP contribution in [0.15, 0.2) is 47.7 Å². The normalized spacial score (nSPS) is 12.1. The van der Waals surface area contributed by atoms with E-state index in [0.717, 1.165) is 6.07 Å². The number of rotatable bonds is 3. The van der Waals surface area contributed by atoms with E-state index in [1.807, 2.05) is 0 Å². The summed E-state index contributed by atoms with van der Waals surface area (Å²) in [7, 11) is 0. The highest BCUT2D eigenvalue weighted by atomic mass is 19.2. The topological polar surface area (TPSA) is 92.1 Å². The number of fused-ring (bicyclic) bond motifs is 1. The van der Waals surface area contributed by atoms with Crippen LogP contribution >= 0.6 is 0 Å². The van der Waals surface area contributed by atoms with Crippen LogP contribution < -0.4 is 16.2 Å². The molecule has 0 aliphatic heterocycles. The average Bonchev–Trinajstić information content (AvgIpc) is 2.59. The Morgan fingerprint density at radius 3 is 2.72 bits per heavy atom. The van der Waals surface area contributed by atoms with E-state index in [4.69, 9.17) is 5.73 Å². The Morgan fingerprint density at radius 1 is 1.32 bits per heavy atom. The quantitative estimate of drug-likeness (QED) is 0.765. The maximum absolute atomic E-state index is 14.1. The number of amides is 2. The molecular weight excluding hydrogens is 330 g/mol. The molecule has 0 saturated heterocycles. The van der Waals surface area contributed by atoms with Crippen molar-refractivity contribution in [3.8, 4) is 0 Å². The number of hydrogen-bond acceptors (Lipinski definition) is 3. The second-order valence-corrected chi connectivity index (χ2v) is 5.45. The minimum atomic E-state index is -1.24. The highest BCUT2D eigenvalue weighted by Crippen LogP contribution is 2.30. The molecular formula is C17H14F2N4O2. The average molecular weight is 344 g/mol. The van der Waals surface area contributed by atoms with E-state index in [1.54, 1.807) is 25.3 Å². The number of H-pyrrole nitrogens is 1. The van der Waals surface area contributed by atoms with Crippen molar-refractivity contribution in [3.05, 3.63) is 70.4 Å². The van der Waals surface area contributed by atoms with E-state index in [0.29, 0.717) is 11.3 Å². The summed E-state index contributed by atoms with van der Waals surface area (Å²) in [6, 6.07) is 4.11. The molecule has 6 nitrogen and oxygen atoms in total. The molecule has 0 unspecified atom stereocenters. The molecule has 8 heteroatoms. The first kappa shape index (κ1) is 16.6. The second kappa shape index (κ2) is 6.31. The van der Waals surface area contributed by atoms with Gasteiger partial charge < -0.3 is 10.7 Å². The van der Waals surface area contributed by atoms with Crippen LogP contribution in [-0.4, -0.2) is 16.0 Å². The molecule has 128 valence electrons. The molecule has 25 heavy (non-hydrogen) atoms. The fraction of sp³-hybridized carbons (Fsp3) is 0.118. The van der Waals surface area contributed by atoms with Gasteiger partial charge in [0.25, 0.3) is 5.56 Å². The van der Waals surface area contributed by atoms with Crippen molar-refractivity contribution in [2.24, 2.45) is 5.73 Å². The fourth-order valence-corrected chi connectivity index (χ4v) is 2.83. The number of pyridine rings is 2. The Hall–Kier alpha value is -3.29. The lowest BCUT2D eigenvalue weighted by atomic mass is 10.0. The van der Waals surface area contributed by atoms with E-state index in [1.165, 1.54) is 23.4 Å². The van der Waals surface area contributed by atoms with Crippen LogP contribution in [0.25, 0.3) is 10.8 Å². The van der Waals surface area contributed by atoms with Crippen LogP contribution in [0.4, 0.5) is 19.3 Å². The first-order valence-corrected chi connectivity index (χ1v) is 7.39. The lowest BCUT2D eigenvalue weighted by molar-refractivity contribution is 0.252. The molecule has 3 aromatic rings. The molecule has 0 radical (unpaired) electrons. The number of aromatic nitrogens is 2. The number of benzene rings is 1. The third-order valence-electron chi connectivity index (χ3n) is 3.99. The number of halogens is 2. The van der Waals surface area contributed by atoms with Crippen LogP contribution in [0, 0.1) is 11.6 Å². The summed E-state index contributed by atoms with van der Waals surface area (Å²) in [5.74, 6) is -2.36. The number of nitrogens with one attached hydrogen (secondary N) is 1. The van der Waals surface area contributed by atoms with Crippen LogP contribution in [0.3, 0.4) is 0 Å². The van der Waals surface area contributed by atoms with Gasteiger partial charge in [0, 0.05) is 12.4 Å². The molecule has 0 aliphatic rings. The van der Waals surface area contributed by atoms with E-state index in [9.17, 15) is 18.4 Å². The molecule has 2 amide bonds. The van der Waals surface area contributed by atoms with Gasteiger partial charge in [0.2, 0.25) is 0 Å². The summed E-state index contributed by atoms with van der Waals surface area (Å²) in [6.45, 7) is 1.66. The Kier molecular flexibility index (Phi) is 4.18. The van der Waals surface area contributed by atoms with Crippen molar-refractivity contribution in [2.45, 2.75) is 13.0 Å². The van der Waals surface area contributed by atoms with Crippen molar-refractivity contribution in [1.29, 1.82) is 0 Å². The SMILES string of the molecule is C[C@@H](c1c[nH]c(=O)c2c(F)c(F)ccc12)N(C(N)=O)c1cccnc1. The largest absolute Gasteiger partial charge is 0.351 e. The van der Waals surface area contributed by atoms with Crippen molar-refractivity contribution in [3.63, 3.8) is 0 Å². The summed E-state index contributed by atoms with van der Waals surface area (Å²) < 4.78 is 27.6. The number of hydrogen-bond donors (Lipinski definition) is 2. The highest BCUT2D eigenvalue weighted by Gasteiger charge is 2.25. The first-order valence-electron chi connectivity index (χ1n) is 7.39. The monoisotopic (exact) mass is 344 g/mol. The van der Waals surface area contributed by atoms with Crippen molar-refractivity contribution < 1.29 is 13.6 Å². The van der Waals surface area contributed by atoms with E-state index in [-0.39, 0.29) is 5.39 Å². The first-order chi connectivity index (χ1) is 11.9. The summed E-state index contributed by atoms with van der Waals surface area (Å²) in [6.07, 6.45) is 4.36. The summed E-state index contributed by atoms with van der Waals surface area (Å²) in [5, 5.41) is -0.203. The molecule has 0 spiro atoms. The zero-order chi connectivity index (χ0) is 18.1. The number of carbonyl (C=O) groups excluding carboxylic acids is 1. The van der Waals surface area contributed by atoms with Crippen LogP contribution in [-0.2, 0) is 0 Å². The predicted molar refractivity (Wildman–Crippen MR) is 89.2 cm³/mol. The zero-order valence-electron chi connectivity index (χ0n) is 13.2. The maximum atomic E-state index is 14.1. The van der Waals surface area contributed by atoms with Gasteiger partial charge in [-0.3, -0.25) is 14.7 Å². The number of nitrogens with zero attached hydrogens (tertiary/aromatic N) is 2. The Morgan fingerprint density at radius 2 is 2.08 bits per heavy atom. The number of nitrogens with two attached hydrogens (primary N) is 1. The zero-order valence-corrected chi connectivity index (χ0v) is 13.2. The lowest BCUT2D eigenvalue weighted by Crippen LogP contribution is -2.38. The van der Waals surface area contributed by atoms with Crippen molar-refractivity contribution >= 4 is 22.5 Å². The van der Waals surface area contributed by atoms with Gasteiger partial charge in [-0.1, -0.05) is 6.07 Å². The minimum absolute atomic E-state index is 0.199. The van der Waals surface area contributed by atoms with Gasteiger partial charge in [-0.2, -0.15) is 0 Å². The Balaban J connectivity index is 2.21. The van der Waals surface area contributed by atoms with E-state index < -0.39 is 34.7 Å². The molecule has 0 saturated carbocycles. The molecule has 2 heterocycles. The van der Waals surface area contributed by atoms with Gasteiger partial charge in [-0.05, 0) is 36.1 Å². The lowest BCUT2D eigenvalue weighted by Gasteiger charge is -2.28. The highest BCUT2D eigenvalue weighted by molar-refractivity contribution is 5.93. The summed E-state index contributed by atoms with van der Waals surface area (Å²) >= 11 is 0. The van der Waals surface area contributed by atoms with Crippen LogP contribution in [0.1, 0.15) is 18.5 Å². The van der Waals surface area contributed by atoms with Gasteiger partial charge in [0.05, 0.1) is 23.3 Å². The number of carbonyl (C=O) groups is 1. The maximum Gasteiger partial charge on any atom is 0.319 e. The molecule has 1 aromatic carbocycles. The molecule has 2 aromatic heterocycles. The third kappa shape index (κ3) is 2.82. The smallest absolute Gasteiger partial charge is 0.319 e. The number of anilines is 1. The van der Waals surface area contributed by atoms with E-state index >= 15 is 0 Å². The minimum Gasteiger partial charge on any atom is -0.351 e. The molecule has 3 rings (SSSR count). The van der Waals surface area contributed by atoms with Crippen molar-refractivity contribution in [2.75, 3.05) is 4.90 Å². The number of aromatic amines is 1. The number of urea groups is 1. The van der Waals surface area contributed by atoms with Crippen molar-refractivity contribution in [1.82, 2.24) is 9.97 Å². The van der Waals surface area contributed by atoms with Gasteiger partial charge in [0.1, 0.15) is 0 Å². The number of primary amides is 1. The summed E-state index contributed by atoms with van der Waals surface area (Å²) in [5.41, 5.74) is 5.58. The summed E-state index contributed by atoms with van der Waals surface area (Å²) in [4.78, 5) is 31.5. The second-order valence-electron chi connectivity index (χ2n) is 5.45. The standard InChI is InChI=1S/C17H14F2N4O2/c1-9(23(17(20)25)10-3-2-6-21-7-10)12-8-22-16(24)14-11(12)4-5-13(18)15(14)19/h2-9H,1H3,(H2,20,25)(H,22,24)/t9-/m0/s1. The van der Waals surface area contributed by atoms with Gasteiger partial charge in [-0.25, -0.2) is 13.6 Å². The molecule has 0 aliphatic carbocycles. The van der Waals surface area contributed by atoms with Gasteiger partial charge in [-0.15, -0.1) is 0 Å². The van der Waals surface area contributed by atoms with Gasteiger partial charge >= 0.3 is 6.03 Å². The Labute approximate surface area is 140 Å². The molecule has 0 bridgehead atoms. The molecule has 3 N–H and O–H groups in total. The van der Waals surface area contributed by atoms with Crippen LogP contribution in [0.5, 0.6) is 0 Å². The Bertz CT molecular complexity index is 1000. The molecule has 0 fully saturated rings.